The van der Waals surface area contributed by atoms with Gasteiger partial charge in [-0.15, -0.1) is 0 Å². The van der Waals surface area contributed by atoms with E-state index in [1.807, 2.05) is 0 Å². The van der Waals surface area contributed by atoms with Crippen LogP contribution >= 0.6 is 0 Å². The molecule has 0 aromatic carbocycles. The predicted octanol–water partition coefficient (Wildman–Crippen LogP) is 0.137. The third-order valence-corrected chi connectivity index (χ3v) is 1.81. The van der Waals surface area contributed by atoms with Gasteiger partial charge in [0, 0.05) is 12.4 Å². The summed E-state index contributed by atoms with van der Waals surface area (Å²) in [5, 5.41) is 0. The Morgan fingerprint density at radius 2 is 2.38 bits per heavy atom. The van der Waals surface area contributed by atoms with Gasteiger partial charge in [-0.2, -0.15) is 0 Å². The SMILES string of the molecule is Cc1nc2ncccn2c1C(N)=O. The van der Waals surface area contributed by atoms with Gasteiger partial charge in [0.2, 0.25) is 5.78 Å². The lowest BCUT2D eigenvalue weighted by Crippen LogP contribution is -2.15. The van der Waals surface area contributed by atoms with Crippen LogP contribution in [0.2, 0.25) is 0 Å². The van der Waals surface area contributed by atoms with Crippen LogP contribution in [0.3, 0.4) is 0 Å². The topological polar surface area (TPSA) is 73.3 Å². The molecule has 2 rings (SSSR count). The fraction of sp³-hybridized carbons (Fsp3) is 0.125. The lowest BCUT2D eigenvalue weighted by Gasteiger charge is -1.95. The molecule has 0 saturated carbocycles. The molecule has 0 saturated heterocycles. The second-order valence-corrected chi connectivity index (χ2v) is 2.70. The van der Waals surface area contributed by atoms with Crippen molar-refractivity contribution in [2.24, 2.45) is 5.73 Å². The van der Waals surface area contributed by atoms with E-state index < -0.39 is 5.91 Å². The summed E-state index contributed by atoms with van der Waals surface area (Å²) in [6.07, 6.45) is 3.33. The molecule has 5 nitrogen and oxygen atoms in total. The lowest BCUT2D eigenvalue weighted by molar-refractivity contribution is 0.0994. The molecular weight excluding hydrogens is 168 g/mol. The van der Waals surface area contributed by atoms with Crippen molar-refractivity contribution in [1.82, 2.24) is 14.4 Å². The monoisotopic (exact) mass is 176 g/mol. The molecule has 5 heteroatoms. The Hall–Kier alpha value is -1.91. The van der Waals surface area contributed by atoms with E-state index >= 15 is 0 Å². The first-order chi connectivity index (χ1) is 6.20. The van der Waals surface area contributed by atoms with Crippen LogP contribution in [-0.4, -0.2) is 20.3 Å². The zero-order valence-electron chi connectivity index (χ0n) is 7.06. The highest BCUT2D eigenvalue weighted by molar-refractivity contribution is 5.93. The number of hydrogen-bond acceptors (Lipinski definition) is 3. The number of aryl methyl sites for hydroxylation is 1. The van der Waals surface area contributed by atoms with Crippen molar-refractivity contribution < 1.29 is 4.79 Å². The predicted molar refractivity (Wildman–Crippen MR) is 46.2 cm³/mol. The highest BCUT2D eigenvalue weighted by Crippen LogP contribution is 2.08. The molecule has 0 aliphatic rings. The van der Waals surface area contributed by atoms with Crippen molar-refractivity contribution in [3.63, 3.8) is 0 Å². The van der Waals surface area contributed by atoms with Gasteiger partial charge >= 0.3 is 0 Å². The van der Waals surface area contributed by atoms with E-state index in [0.29, 0.717) is 17.2 Å². The maximum atomic E-state index is 11.0. The molecule has 2 aromatic rings. The number of carbonyl (C=O) groups excluding carboxylic acids is 1. The number of aromatic nitrogens is 3. The number of carbonyl (C=O) groups is 1. The van der Waals surface area contributed by atoms with Crippen molar-refractivity contribution in [2.75, 3.05) is 0 Å². The molecule has 0 aliphatic carbocycles. The molecule has 0 spiro atoms. The van der Waals surface area contributed by atoms with E-state index in [-0.39, 0.29) is 0 Å². The van der Waals surface area contributed by atoms with Gasteiger partial charge in [0.05, 0.1) is 5.69 Å². The zero-order valence-corrected chi connectivity index (χ0v) is 7.06. The van der Waals surface area contributed by atoms with Gasteiger partial charge in [0.25, 0.3) is 5.91 Å². The van der Waals surface area contributed by atoms with Crippen LogP contribution in [-0.2, 0) is 0 Å². The summed E-state index contributed by atoms with van der Waals surface area (Å²) in [5.74, 6) is 0.00630. The number of rotatable bonds is 1. The molecule has 1 amide bonds. The Morgan fingerprint density at radius 3 is 3.08 bits per heavy atom. The Morgan fingerprint density at radius 1 is 1.62 bits per heavy atom. The van der Waals surface area contributed by atoms with Crippen LogP contribution in [0, 0.1) is 6.92 Å². The molecule has 2 heterocycles. The summed E-state index contributed by atoms with van der Waals surface area (Å²) in [7, 11) is 0. The van der Waals surface area contributed by atoms with Crippen LogP contribution < -0.4 is 5.73 Å². The average Bonchev–Trinajstić information content (AvgIpc) is 2.39. The molecule has 2 aromatic heterocycles. The molecule has 0 bridgehead atoms. The molecule has 0 unspecified atom stereocenters. The van der Waals surface area contributed by atoms with Crippen molar-refractivity contribution in [2.45, 2.75) is 6.92 Å². The molecule has 2 N–H and O–H groups in total. The largest absolute Gasteiger partial charge is 0.364 e. The molecule has 0 radical (unpaired) electrons. The van der Waals surface area contributed by atoms with Gasteiger partial charge in [-0.3, -0.25) is 9.20 Å². The van der Waals surface area contributed by atoms with E-state index in [4.69, 9.17) is 5.73 Å². The first-order valence-corrected chi connectivity index (χ1v) is 3.79. The lowest BCUT2D eigenvalue weighted by atomic mass is 10.3. The molecule has 0 fully saturated rings. The maximum Gasteiger partial charge on any atom is 0.267 e. The summed E-state index contributed by atoms with van der Waals surface area (Å²) >= 11 is 0. The van der Waals surface area contributed by atoms with E-state index in [1.54, 1.807) is 29.8 Å². The number of fused-ring (bicyclic) bond motifs is 1. The Kier molecular flexibility index (Phi) is 1.51. The number of primary amides is 1. The second kappa shape index (κ2) is 2.55. The first-order valence-electron chi connectivity index (χ1n) is 3.79. The number of amides is 1. The third kappa shape index (κ3) is 1.05. The number of nitrogens with zero attached hydrogens (tertiary/aromatic N) is 3. The van der Waals surface area contributed by atoms with Crippen LogP contribution in [0.5, 0.6) is 0 Å². The van der Waals surface area contributed by atoms with Crippen LogP contribution in [0.25, 0.3) is 5.78 Å². The molecular formula is C8H8N4O. The summed E-state index contributed by atoms with van der Waals surface area (Å²) in [4.78, 5) is 19.1. The number of nitrogens with two attached hydrogens (primary N) is 1. The maximum absolute atomic E-state index is 11.0. The van der Waals surface area contributed by atoms with Crippen molar-refractivity contribution in [3.8, 4) is 0 Å². The number of imidazole rings is 1. The van der Waals surface area contributed by atoms with Gasteiger partial charge in [0.1, 0.15) is 5.69 Å². The second-order valence-electron chi connectivity index (χ2n) is 2.70. The summed E-state index contributed by atoms with van der Waals surface area (Å²) in [5.41, 5.74) is 6.19. The molecule has 66 valence electrons. The summed E-state index contributed by atoms with van der Waals surface area (Å²) in [6.45, 7) is 1.73. The molecule has 0 atom stereocenters. The fourth-order valence-corrected chi connectivity index (χ4v) is 1.29. The van der Waals surface area contributed by atoms with Gasteiger partial charge < -0.3 is 5.73 Å². The van der Waals surface area contributed by atoms with E-state index in [1.165, 1.54) is 0 Å². The minimum absolute atomic E-state index is 0.392. The Labute approximate surface area is 74.2 Å². The average molecular weight is 176 g/mol. The van der Waals surface area contributed by atoms with Crippen LogP contribution in [0.1, 0.15) is 16.2 Å². The highest BCUT2D eigenvalue weighted by Gasteiger charge is 2.12. The smallest absolute Gasteiger partial charge is 0.267 e. The van der Waals surface area contributed by atoms with Gasteiger partial charge in [-0.25, -0.2) is 9.97 Å². The standard InChI is InChI=1S/C8H8N4O/c1-5-6(7(9)13)12-4-2-3-10-8(12)11-5/h2-4H,1H3,(H2,9,13). The van der Waals surface area contributed by atoms with E-state index in [9.17, 15) is 4.79 Å². The van der Waals surface area contributed by atoms with Crippen molar-refractivity contribution >= 4 is 11.7 Å². The van der Waals surface area contributed by atoms with Gasteiger partial charge in [-0.05, 0) is 13.0 Å². The molecule has 0 aliphatic heterocycles. The highest BCUT2D eigenvalue weighted by atomic mass is 16.1. The van der Waals surface area contributed by atoms with E-state index in [2.05, 4.69) is 9.97 Å². The minimum atomic E-state index is -0.488. The van der Waals surface area contributed by atoms with Gasteiger partial charge in [-0.1, -0.05) is 0 Å². The zero-order chi connectivity index (χ0) is 9.42. The Balaban J connectivity index is 2.86. The minimum Gasteiger partial charge on any atom is -0.364 e. The first kappa shape index (κ1) is 7.72. The van der Waals surface area contributed by atoms with Crippen molar-refractivity contribution in [1.29, 1.82) is 0 Å². The normalized spacial score (nSPS) is 10.5. The number of hydrogen-bond donors (Lipinski definition) is 1. The summed E-state index contributed by atoms with van der Waals surface area (Å²) < 4.78 is 1.58. The van der Waals surface area contributed by atoms with Crippen LogP contribution in [0.15, 0.2) is 18.5 Å². The quantitative estimate of drug-likeness (QED) is 0.671. The van der Waals surface area contributed by atoms with E-state index in [0.717, 1.165) is 0 Å². The van der Waals surface area contributed by atoms with Gasteiger partial charge in [0.15, 0.2) is 0 Å². The van der Waals surface area contributed by atoms with Crippen LogP contribution in [0.4, 0.5) is 0 Å². The Bertz CT molecular complexity index is 474. The summed E-state index contributed by atoms with van der Waals surface area (Å²) in [6, 6.07) is 1.72. The van der Waals surface area contributed by atoms with Crippen molar-refractivity contribution in [3.05, 3.63) is 29.8 Å². The molecule has 13 heavy (non-hydrogen) atoms. The fourth-order valence-electron chi connectivity index (χ4n) is 1.29. The third-order valence-electron chi connectivity index (χ3n) is 1.81.